The number of carbonyl (C=O) groups is 1. The smallest absolute Gasteiger partial charge is 0.392 e. The maximum atomic E-state index is 14.2. The predicted octanol–water partition coefficient (Wildman–Crippen LogP) is 4.42. The zero-order valence-corrected chi connectivity index (χ0v) is 19.1. The fraction of sp³-hybridized carbons (Fsp3) is 0.500. The number of nitrogens with one attached hydrogen (secondary N) is 1. The fourth-order valence-corrected chi connectivity index (χ4v) is 5.34. The average molecular weight is 491 g/mol. The highest BCUT2D eigenvalue weighted by atomic mass is 32.2. The van der Waals surface area contributed by atoms with E-state index in [1.54, 1.807) is 6.92 Å². The van der Waals surface area contributed by atoms with E-state index < -0.39 is 44.5 Å². The van der Waals surface area contributed by atoms with Crippen molar-refractivity contribution in [2.24, 2.45) is 5.92 Å². The summed E-state index contributed by atoms with van der Waals surface area (Å²) in [6.45, 7) is 1.28. The van der Waals surface area contributed by atoms with Gasteiger partial charge >= 0.3 is 6.18 Å². The largest absolute Gasteiger partial charge is 0.395 e. The van der Waals surface area contributed by atoms with E-state index in [4.69, 9.17) is 0 Å². The second-order valence-electron chi connectivity index (χ2n) is 8.38. The number of nitrogens with zero attached hydrogens (tertiary/aromatic N) is 1. The molecule has 1 unspecified atom stereocenters. The highest BCUT2D eigenvalue weighted by molar-refractivity contribution is 7.90. The van der Waals surface area contributed by atoms with Crippen molar-refractivity contribution in [2.45, 2.75) is 56.1 Å². The van der Waals surface area contributed by atoms with Gasteiger partial charge in [0.05, 0.1) is 18.1 Å². The van der Waals surface area contributed by atoms with Gasteiger partial charge in [0.1, 0.15) is 10.7 Å². The summed E-state index contributed by atoms with van der Waals surface area (Å²) in [5, 5.41) is 11.9. The number of aromatic nitrogens is 1. The van der Waals surface area contributed by atoms with E-state index in [1.807, 2.05) is 0 Å². The average Bonchev–Trinajstić information content (AvgIpc) is 3.02. The van der Waals surface area contributed by atoms with Crippen LogP contribution in [0.2, 0.25) is 0 Å². The van der Waals surface area contributed by atoms with E-state index in [0.29, 0.717) is 30.5 Å². The van der Waals surface area contributed by atoms with Gasteiger partial charge in [-0.25, -0.2) is 12.8 Å². The van der Waals surface area contributed by atoms with Crippen LogP contribution in [-0.2, 0) is 16.4 Å². The number of hydrogen-bond donors (Lipinski definition) is 2. The summed E-state index contributed by atoms with van der Waals surface area (Å²) in [5.74, 6) is -4.07. The topological polar surface area (TPSA) is 88.4 Å². The molecule has 6 nitrogen and oxygen atoms in total. The first kappa shape index (κ1) is 25.2. The number of benzene rings is 1. The molecule has 1 aliphatic carbocycles. The molecular weight excluding hydrogens is 464 g/mol. The Morgan fingerprint density at radius 1 is 1.24 bits per heavy atom. The fourth-order valence-electron chi connectivity index (χ4n) is 4.62. The monoisotopic (exact) mass is 490 g/mol. The van der Waals surface area contributed by atoms with E-state index >= 15 is 0 Å². The van der Waals surface area contributed by atoms with Gasteiger partial charge in [0.25, 0.3) is 5.91 Å². The number of aliphatic hydroxyl groups is 1. The van der Waals surface area contributed by atoms with Gasteiger partial charge in [0, 0.05) is 36.3 Å². The van der Waals surface area contributed by atoms with Crippen LogP contribution in [0, 0.1) is 18.7 Å². The molecule has 0 radical (unpaired) electrons. The Morgan fingerprint density at radius 2 is 1.91 bits per heavy atom. The van der Waals surface area contributed by atoms with Crippen molar-refractivity contribution in [3.63, 3.8) is 0 Å². The van der Waals surface area contributed by atoms with Crippen molar-refractivity contribution in [1.82, 2.24) is 4.57 Å². The molecule has 1 aromatic carbocycles. The summed E-state index contributed by atoms with van der Waals surface area (Å²) in [4.78, 5) is 12.4. The second-order valence-corrected chi connectivity index (χ2v) is 10.4. The third-order valence-corrected chi connectivity index (χ3v) is 7.22. The molecule has 0 bridgehead atoms. The Balaban J connectivity index is 1.96. The molecule has 3 rings (SSSR count). The van der Waals surface area contributed by atoms with Crippen LogP contribution in [0.1, 0.15) is 53.2 Å². The molecule has 2 N–H and O–H groups in total. The van der Waals surface area contributed by atoms with E-state index in [-0.39, 0.29) is 30.8 Å². The number of hydrogen-bond acceptors (Lipinski definition) is 4. The molecule has 2 atom stereocenters. The van der Waals surface area contributed by atoms with Gasteiger partial charge in [0.2, 0.25) is 0 Å². The number of rotatable bonds is 6. The molecule has 0 aliphatic heterocycles. The van der Waals surface area contributed by atoms with E-state index in [2.05, 4.69) is 5.32 Å². The molecular formula is C22H26F4N2O4S. The summed E-state index contributed by atoms with van der Waals surface area (Å²) >= 11 is 0. The zero-order chi connectivity index (χ0) is 24.6. The van der Waals surface area contributed by atoms with E-state index in [9.17, 15) is 35.9 Å². The van der Waals surface area contributed by atoms with Crippen LogP contribution < -0.4 is 5.32 Å². The number of carbonyl (C=O) groups excluding carboxylic acids is 1. The first-order valence-corrected chi connectivity index (χ1v) is 12.4. The standard InChI is InChI=1S/C22H26F4N2O4S/c1-13-16(21(30)27-14-7-8-19(18(23)11-14)33(2,31)32)12-28(9-10-29)20(13)15-5-3-4-6-17(15)22(24,25)26/h7-8,11-12,15,17,29H,3-6,9-10H2,1-2H3,(H,27,30)/t15-,17?/m1/s1. The van der Waals surface area contributed by atoms with E-state index in [0.717, 1.165) is 18.4 Å². The van der Waals surface area contributed by atoms with E-state index in [1.165, 1.54) is 16.8 Å². The summed E-state index contributed by atoms with van der Waals surface area (Å²) in [7, 11) is -3.78. The minimum atomic E-state index is -4.38. The molecule has 11 heteroatoms. The van der Waals surface area contributed by atoms with Gasteiger partial charge < -0.3 is 15.0 Å². The third-order valence-electron chi connectivity index (χ3n) is 6.09. The number of halogens is 4. The molecule has 0 spiro atoms. The molecule has 1 aliphatic rings. The molecule has 2 aromatic rings. The van der Waals surface area contributed by atoms with Gasteiger partial charge in [-0.05, 0) is 43.5 Å². The maximum Gasteiger partial charge on any atom is 0.392 e. The zero-order valence-electron chi connectivity index (χ0n) is 18.2. The Bertz CT molecular complexity index is 1140. The molecule has 1 amide bonds. The van der Waals surface area contributed by atoms with Crippen molar-refractivity contribution >= 4 is 21.4 Å². The first-order chi connectivity index (χ1) is 15.3. The van der Waals surface area contributed by atoms with Crippen LogP contribution in [0.15, 0.2) is 29.3 Å². The quantitative estimate of drug-likeness (QED) is 0.587. The minimum Gasteiger partial charge on any atom is -0.395 e. The van der Waals surface area contributed by atoms with Crippen LogP contribution in [0.3, 0.4) is 0 Å². The summed E-state index contributed by atoms with van der Waals surface area (Å²) in [5.41, 5.74) is 0.856. The van der Waals surface area contributed by atoms with Crippen molar-refractivity contribution in [1.29, 1.82) is 0 Å². The van der Waals surface area contributed by atoms with Crippen LogP contribution >= 0.6 is 0 Å². The minimum absolute atomic E-state index is 0.00536. The maximum absolute atomic E-state index is 14.2. The van der Waals surface area contributed by atoms with Crippen LogP contribution in [0.5, 0.6) is 0 Å². The Morgan fingerprint density at radius 3 is 2.48 bits per heavy atom. The predicted molar refractivity (Wildman–Crippen MR) is 114 cm³/mol. The molecule has 1 saturated carbocycles. The number of aliphatic hydroxyl groups excluding tert-OH is 1. The lowest BCUT2D eigenvalue weighted by Gasteiger charge is -2.34. The van der Waals surface area contributed by atoms with Crippen molar-refractivity contribution in [3.05, 3.63) is 47.0 Å². The highest BCUT2D eigenvalue weighted by Gasteiger charge is 2.47. The summed E-state index contributed by atoms with van der Waals surface area (Å²) in [6, 6.07) is 3.14. The lowest BCUT2D eigenvalue weighted by molar-refractivity contribution is -0.187. The molecule has 33 heavy (non-hydrogen) atoms. The number of sulfone groups is 1. The van der Waals surface area contributed by atoms with Gasteiger partial charge in [-0.3, -0.25) is 4.79 Å². The van der Waals surface area contributed by atoms with Crippen molar-refractivity contribution < 1.29 is 35.9 Å². The molecule has 182 valence electrons. The Kier molecular flexibility index (Phi) is 7.23. The van der Waals surface area contributed by atoms with Crippen LogP contribution in [0.25, 0.3) is 0 Å². The van der Waals surface area contributed by atoms with Gasteiger partial charge in [-0.15, -0.1) is 0 Å². The summed E-state index contributed by atoms with van der Waals surface area (Å²) in [6.07, 6.45) is -0.688. The van der Waals surface area contributed by atoms with Crippen LogP contribution in [-0.4, -0.2) is 43.0 Å². The normalized spacial score (nSPS) is 19.5. The first-order valence-electron chi connectivity index (χ1n) is 10.5. The van der Waals surface area contributed by atoms with Crippen LogP contribution in [0.4, 0.5) is 23.2 Å². The molecule has 1 heterocycles. The SMILES string of the molecule is Cc1c(C(=O)Nc2ccc(S(C)(=O)=O)c(F)c2)cn(CCO)c1[C@@H]1CCCCC1C(F)(F)F. The Hall–Kier alpha value is -2.40. The lowest BCUT2D eigenvalue weighted by atomic mass is 9.76. The number of alkyl halides is 3. The van der Waals surface area contributed by atoms with Gasteiger partial charge in [0.15, 0.2) is 9.84 Å². The van der Waals surface area contributed by atoms with Crippen molar-refractivity contribution in [2.75, 3.05) is 18.2 Å². The molecule has 1 aromatic heterocycles. The molecule has 0 saturated heterocycles. The lowest BCUT2D eigenvalue weighted by Crippen LogP contribution is -2.33. The summed E-state index contributed by atoms with van der Waals surface area (Å²) < 4.78 is 80.0. The van der Waals surface area contributed by atoms with Gasteiger partial charge in [-0.2, -0.15) is 13.2 Å². The number of anilines is 1. The van der Waals surface area contributed by atoms with Crippen molar-refractivity contribution in [3.8, 4) is 0 Å². The van der Waals surface area contributed by atoms with Gasteiger partial charge in [-0.1, -0.05) is 12.8 Å². The highest BCUT2D eigenvalue weighted by Crippen LogP contribution is 2.47. The number of amides is 1. The Labute approximate surface area is 189 Å². The molecule has 1 fully saturated rings. The third kappa shape index (κ3) is 5.40. The second kappa shape index (κ2) is 9.46.